The van der Waals surface area contributed by atoms with Crippen LogP contribution in [0.4, 0.5) is 0 Å². The summed E-state index contributed by atoms with van der Waals surface area (Å²) in [6, 6.07) is 17.5. The molecule has 3 aliphatic rings. The van der Waals surface area contributed by atoms with Crippen molar-refractivity contribution in [3.8, 4) is 51.7 Å². The molecule has 0 saturated carbocycles. The number of methoxy groups -OCH3 is 7. The summed E-state index contributed by atoms with van der Waals surface area (Å²) < 4.78 is 56.8. The molecular formula is C41H41NO12. The molecule has 0 spiro atoms. The van der Waals surface area contributed by atoms with E-state index in [1.807, 2.05) is 48.5 Å². The highest BCUT2D eigenvalue weighted by molar-refractivity contribution is 6.24. The number of carbonyl (C=O) groups excluding carboxylic acids is 2. The Kier molecular flexibility index (Phi) is 10.0. The zero-order chi connectivity index (χ0) is 38.1. The van der Waals surface area contributed by atoms with Crippen LogP contribution in [-0.2, 0) is 14.3 Å². The van der Waals surface area contributed by atoms with E-state index in [2.05, 4.69) is 5.32 Å². The summed E-state index contributed by atoms with van der Waals surface area (Å²) in [7, 11) is 10.7. The van der Waals surface area contributed by atoms with E-state index in [4.69, 9.17) is 47.4 Å². The number of amides is 1. The Balaban J connectivity index is 1.39. The third-order valence-electron chi connectivity index (χ3n) is 10.1. The number of esters is 1. The van der Waals surface area contributed by atoms with Crippen LogP contribution in [0.1, 0.15) is 39.8 Å². The Labute approximate surface area is 312 Å². The first-order chi connectivity index (χ1) is 26.3. The van der Waals surface area contributed by atoms with Gasteiger partial charge in [-0.1, -0.05) is 12.1 Å². The Morgan fingerprint density at radius 2 is 1.30 bits per heavy atom. The molecule has 2 aliphatic heterocycles. The summed E-state index contributed by atoms with van der Waals surface area (Å²) in [6.07, 6.45) is 1.76. The first-order valence-corrected chi connectivity index (χ1v) is 17.1. The van der Waals surface area contributed by atoms with Gasteiger partial charge in [0.15, 0.2) is 34.5 Å². The van der Waals surface area contributed by atoms with E-state index in [1.165, 1.54) is 42.7 Å². The van der Waals surface area contributed by atoms with Crippen LogP contribution in [0.3, 0.4) is 0 Å². The van der Waals surface area contributed by atoms with Crippen molar-refractivity contribution in [2.24, 2.45) is 11.8 Å². The van der Waals surface area contributed by atoms with Crippen molar-refractivity contribution in [3.63, 3.8) is 0 Å². The van der Waals surface area contributed by atoms with Gasteiger partial charge in [-0.2, -0.15) is 0 Å². The predicted molar refractivity (Wildman–Crippen MR) is 196 cm³/mol. The maximum atomic E-state index is 14.9. The van der Waals surface area contributed by atoms with Crippen molar-refractivity contribution in [2.45, 2.75) is 12.0 Å². The molecule has 1 amide bonds. The maximum Gasteiger partial charge on any atom is 0.310 e. The Bertz CT molecular complexity index is 2080. The molecule has 4 atom stereocenters. The second-order valence-electron chi connectivity index (χ2n) is 12.8. The van der Waals surface area contributed by atoms with Crippen molar-refractivity contribution in [3.05, 3.63) is 88.5 Å². The Hall–Kier alpha value is -6.24. The molecular weight excluding hydrogens is 698 g/mol. The predicted octanol–water partition coefficient (Wildman–Crippen LogP) is 5.81. The summed E-state index contributed by atoms with van der Waals surface area (Å²) in [5.74, 6) is 1.56. The average molecular weight is 740 g/mol. The van der Waals surface area contributed by atoms with Crippen molar-refractivity contribution in [1.82, 2.24) is 5.32 Å². The fraction of sp³-hybridized carbons (Fsp3) is 0.317. The van der Waals surface area contributed by atoms with Crippen molar-refractivity contribution in [2.75, 3.05) is 63.2 Å². The van der Waals surface area contributed by atoms with Gasteiger partial charge >= 0.3 is 5.97 Å². The standard InChI is InChI=1S/C41H41NO12/c1-45-24-10-8-9-21(11-24)12-25(22-13-31(46-2)38(50-6)32(14-22)47-3)40(43)42-37-27-18-30-29(53-20-54-30)17-26(27)35(36-28(37)19-52-41(36)44)23-15-33(48-4)39(51-7)34(16-23)49-5/h8-18,28,35-37H,19-20H2,1-7H3,(H,42,43)/b25-12+/t28-,35+,36-,37+/m0/s1. The third kappa shape index (κ3) is 6.29. The smallest absolute Gasteiger partial charge is 0.310 e. The first kappa shape index (κ1) is 36.1. The van der Waals surface area contributed by atoms with Gasteiger partial charge in [0.05, 0.1) is 68.3 Å². The second-order valence-corrected chi connectivity index (χ2v) is 12.8. The van der Waals surface area contributed by atoms with Crippen LogP contribution >= 0.6 is 0 Å². The highest BCUT2D eigenvalue weighted by atomic mass is 16.7. The van der Waals surface area contributed by atoms with Gasteiger partial charge in [0.25, 0.3) is 5.91 Å². The molecule has 13 nitrogen and oxygen atoms in total. The molecule has 4 aromatic rings. The molecule has 1 saturated heterocycles. The van der Waals surface area contributed by atoms with Crippen molar-refractivity contribution in [1.29, 1.82) is 0 Å². The minimum absolute atomic E-state index is 0.0353. The number of cyclic esters (lactones) is 1. The van der Waals surface area contributed by atoms with Gasteiger partial charge in [0, 0.05) is 17.4 Å². The van der Waals surface area contributed by atoms with Crippen LogP contribution < -0.4 is 47.9 Å². The number of ether oxygens (including phenoxy) is 10. The minimum atomic E-state index is -0.696. The minimum Gasteiger partial charge on any atom is -0.497 e. The molecule has 1 N–H and O–H groups in total. The van der Waals surface area contributed by atoms with E-state index in [-0.39, 0.29) is 13.4 Å². The fourth-order valence-electron chi connectivity index (χ4n) is 7.66. The topological polar surface area (TPSA) is 138 Å². The van der Waals surface area contributed by atoms with Crippen LogP contribution in [0.2, 0.25) is 0 Å². The van der Waals surface area contributed by atoms with Gasteiger partial charge in [-0.15, -0.1) is 0 Å². The molecule has 1 fully saturated rings. The monoisotopic (exact) mass is 739 g/mol. The van der Waals surface area contributed by atoms with E-state index in [1.54, 1.807) is 25.3 Å². The summed E-state index contributed by atoms with van der Waals surface area (Å²) in [6.45, 7) is 0.107. The van der Waals surface area contributed by atoms with Gasteiger partial charge in [0.2, 0.25) is 18.3 Å². The SMILES string of the molecule is COc1cccc(/C=C(/C(=O)N[C@@H]2c3cc4c(cc3[C@@H](c3cc(OC)c(OC)c(OC)c3)[C@H]3C(=O)OC[C@@H]32)OCO4)c2cc(OC)c(OC)c(OC)c2)c1. The molecule has 282 valence electrons. The van der Waals surface area contributed by atoms with E-state index < -0.39 is 35.7 Å². The van der Waals surface area contributed by atoms with Gasteiger partial charge < -0.3 is 52.7 Å². The fourth-order valence-corrected chi connectivity index (χ4v) is 7.66. The van der Waals surface area contributed by atoms with Crippen LogP contribution in [0, 0.1) is 11.8 Å². The zero-order valence-corrected chi connectivity index (χ0v) is 31.0. The maximum absolute atomic E-state index is 14.9. The number of hydrogen-bond acceptors (Lipinski definition) is 12. The third-order valence-corrected chi connectivity index (χ3v) is 10.1. The molecule has 0 unspecified atom stereocenters. The lowest BCUT2D eigenvalue weighted by Gasteiger charge is -2.39. The molecule has 7 rings (SSSR count). The summed E-state index contributed by atoms with van der Waals surface area (Å²) in [5, 5.41) is 3.30. The highest BCUT2D eigenvalue weighted by Gasteiger charge is 2.53. The summed E-state index contributed by atoms with van der Waals surface area (Å²) in [5.41, 5.74) is 3.73. The number of rotatable bonds is 12. The number of fused-ring (bicyclic) bond motifs is 3. The number of carbonyl (C=O) groups is 2. The molecule has 1 aliphatic carbocycles. The first-order valence-electron chi connectivity index (χ1n) is 17.1. The Morgan fingerprint density at radius 3 is 1.87 bits per heavy atom. The lowest BCUT2D eigenvalue weighted by Crippen LogP contribution is -2.43. The molecule has 0 radical (unpaired) electrons. The Morgan fingerprint density at radius 1 is 0.704 bits per heavy atom. The average Bonchev–Trinajstić information content (AvgIpc) is 3.83. The lowest BCUT2D eigenvalue weighted by atomic mass is 9.65. The normalized spacial score (nSPS) is 19.5. The highest BCUT2D eigenvalue weighted by Crippen LogP contribution is 2.56. The van der Waals surface area contributed by atoms with Crippen molar-refractivity contribution < 1.29 is 57.0 Å². The number of benzene rings is 4. The van der Waals surface area contributed by atoms with Crippen LogP contribution in [0.25, 0.3) is 11.6 Å². The van der Waals surface area contributed by atoms with Crippen LogP contribution in [0.5, 0.6) is 51.7 Å². The quantitative estimate of drug-likeness (QED) is 0.107. The van der Waals surface area contributed by atoms with Crippen LogP contribution in [0.15, 0.2) is 60.7 Å². The number of nitrogens with one attached hydrogen (secondary N) is 1. The molecule has 13 heteroatoms. The van der Waals surface area contributed by atoms with E-state index in [0.29, 0.717) is 68.4 Å². The molecule has 2 heterocycles. The van der Waals surface area contributed by atoms with E-state index in [9.17, 15) is 9.59 Å². The van der Waals surface area contributed by atoms with Gasteiger partial charge in [-0.05, 0) is 82.4 Å². The van der Waals surface area contributed by atoms with Crippen LogP contribution in [-0.4, -0.2) is 75.0 Å². The molecule has 0 aromatic heterocycles. The van der Waals surface area contributed by atoms with Gasteiger partial charge in [0.1, 0.15) is 5.75 Å². The summed E-state index contributed by atoms with van der Waals surface area (Å²) >= 11 is 0. The second kappa shape index (κ2) is 15.0. The van der Waals surface area contributed by atoms with Gasteiger partial charge in [-0.25, -0.2) is 0 Å². The zero-order valence-electron chi connectivity index (χ0n) is 31.0. The summed E-state index contributed by atoms with van der Waals surface area (Å²) in [4.78, 5) is 28.7. The molecule has 4 aromatic carbocycles. The van der Waals surface area contributed by atoms with Gasteiger partial charge in [-0.3, -0.25) is 9.59 Å². The largest absolute Gasteiger partial charge is 0.497 e. The van der Waals surface area contributed by atoms with E-state index >= 15 is 0 Å². The van der Waals surface area contributed by atoms with E-state index in [0.717, 1.165) is 16.7 Å². The van der Waals surface area contributed by atoms with Crippen molar-refractivity contribution >= 4 is 23.5 Å². The molecule has 0 bridgehead atoms. The lowest BCUT2D eigenvalue weighted by molar-refractivity contribution is -0.141. The number of hydrogen-bond donors (Lipinski definition) is 1. The molecule has 54 heavy (non-hydrogen) atoms.